The number of esters is 1. The van der Waals surface area contributed by atoms with E-state index in [1.54, 1.807) is 19.1 Å². The molecular weight excluding hydrogens is 266 g/mol. The Labute approximate surface area is 124 Å². The van der Waals surface area contributed by atoms with Gasteiger partial charge in [0, 0.05) is 5.69 Å². The summed E-state index contributed by atoms with van der Waals surface area (Å²) in [7, 11) is 1.36. The molecule has 5 nitrogen and oxygen atoms in total. The first kappa shape index (κ1) is 14.8. The van der Waals surface area contributed by atoms with Crippen LogP contribution in [-0.4, -0.2) is 18.1 Å². The molecule has 0 amide bonds. The molecule has 0 spiro atoms. The van der Waals surface area contributed by atoms with Gasteiger partial charge >= 0.3 is 5.97 Å². The van der Waals surface area contributed by atoms with Crippen molar-refractivity contribution in [3.8, 4) is 0 Å². The summed E-state index contributed by atoms with van der Waals surface area (Å²) in [5, 5.41) is 3.29. The Hall–Kier alpha value is -2.56. The molecule has 110 valence electrons. The van der Waals surface area contributed by atoms with E-state index in [-0.39, 0.29) is 12.0 Å². The van der Waals surface area contributed by atoms with Crippen LogP contribution in [0.1, 0.15) is 34.6 Å². The minimum Gasteiger partial charge on any atom is -0.465 e. The first-order chi connectivity index (χ1) is 10.0. The van der Waals surface area contributed by atoms with Gasteiger partial charge in [0.05, 0.1) is 24.4 Å². The third-order valence-electron chi connectivity index (χ3n) is 3.27. The number of nitrogens with one attached hydrogen (secondary N) is 1. The zero-order valence-electron chi connectivity index (χ0n) is 12.4. The number of methoxy groups -OCH3 is 1. The maximum absolute atomic E-state index is 11.5. The quantitative estimate of drug-likeness (QED) is 0.667. The summed E-state index contributed by atoms with van der Waals surface area (Å²) in [6.45, 7) is 3.81. The van der Waals surface area contributed by atoms with Gasteiger partial charge in [0.15, 0.2) is 0 Å². The largest absolute Gasteiger partial charge is 0.465 e. The smallest absolute Gasteiger partial charge is 0.339 e. The summed E-state index contributed by atoms with van der Waals surface area (Å²) in [4.78, 5) is 15.9. The average Bonchev–Trinajstić information content (AvgIpc) is 2.46. The van der Waals surface area contributed by atoms with Crippen LogP contribution in [0.4, 0.5) is 11.5 Å². The van der Waals surface area contributed by atoms with Crippen molar-refractivity contribution < 1.29 is 9.53 Å². The standard InChI is InChI=1S/C16H19N3O2/c1-10(12-5-4-6-13(17)9-12)18-15-8-7-14(11(2)19-15)16(20)21-3/h4-10H,17H2,1-3H3,(H,18,19). The fourth-order valence-electron chi connectivity index (χ4n) is 2.10. The summed E-state index contributed by atoms with van der Waals surface area (Å²) in [6.07, 6.45) is 0. The van der Waals surface area contributed by atoms with Gasteiger partial charge in [-0.15, -0.1) is 0 Å². The topological polar surface area (TPSA) is 77.2 Å². The second-order valence-corrected chi connectivity index (χ2v) is 4.86. The van der Waals surface area contributed by atoms with Gasteiger partial charge in [-0.2, -0.15) is 0 Å². The number of benzene rings is 1. The normalized spacial score (nSPS) is 11.8. The van der Waals surface area contributed by atoms with E-state index in [2.05, 4.69) is 10.3 Å². The molecule has 1 atom stereocenters. The number of nitrogens with two attached hydrogens (primary N) is 1. The highest BCUT2D eigenvalue weighted by Crippen LogP contribution is 2.20. The van der Waals surface area contributed by atoms with Crippen molar-refractivity contribution in [2.24, 2.45) is 0 Å². The highest BCUT2D eigenvalue weighted by molar-refractivity contribution is 5.90. The van der Waals surface area contributed by atoms with Crippen molar-refractivity contribution in [2.45, 2.75) is 19.9 Å². The molecule has 1 aromatic carbocycles. The van der Waals surface area contributed by atoms with Crippen molar-refractivity contribution in [1.82, 2.24) is 4.98 Å². The molecule has 1 unspecified atom stereocenters. The van der Waals surface area contributed by atoms with Crippen molar-refractivity contribution in [3.05, 3.63) is 53.2 Å². The van der Waals surface area contributed by atoms with Gasteiger partial charge in [0.25, 0.3) is 0 Å². The predicted molar refractivity (Wildman–Crippen MR) is 83.2 cm³/mol. The van der Waals surface area contributed by atoms with Crippen molar-refractivity contribution in [2.75, 3.05) is 18.2 Å². The second-order valence-electron chi connectivity index (χ2n) is 4.86. The first-order valence-electron chi connectivity index (χ1n) is 6.69. The number of aryl methyl sites for hydroxylation is 1. The van der Waals surface area contributed by atoms with Crippen LogP contribution in [0, 0.1) is 6.92 Å². The molecule has 1 heterocycles. The number of carbonyl (C=O) groups excluding carboxylic acids is 1. The number of ether oxygens (including phenoxy) is 1. The van der Waals surface area contributed by atoms with Crippen LogP contribution in [0.5, 0.6) is 0 Å². The maximum atomic E-state index is 11.5. The molecule has 21 heavy (non-hydrogen) atoms. The molecule has 1 aromatic heterocycles. The molecule has 0 aliphatic heterocycles. The van der Waals surface area contributed by atoms with Crippen LogP contribution in [-0.2, 0) is 4.74 Å². The molecular formula is C16H19N3O2. The molecule has 3 N–H and O–H groups in total. The Morgan fingerprint density at radius 2 is 2.10 bits per heavy atom. The van der Waals surface area contributed by atoms with E-state index in [9.17, 15) is 4.79 Å². The Kier molecular flexibility index (Phi) is 4.42. The molecule has 5 heteroatoms. The highest BCUT2D eigenvalue weighted by atomic mass is 16.5. The molecule has 0 saturated carbocycles. The van der Waals surface area contributed by atoms with Gasteiger partial charge in [0.1, 0.15) is 5.82 Å². The number of aromatic nitrogens is 1. The van der Waals surface area contributed by atoms with Crippen LogP contribution in [0.2, 0.25) is 0 Å². The molecule has 0 radical (unpaired) electrons. The minimum absolute atomic E-state index is 0.0596. The minimum atomic E-state index is -0.379. The number of carbonyl (C=O) groups is 1. The Bertz CT molecular complexity index is 656. The molecule has 2 aromatic rings. The number of nitrogen functional groups attached to an aromatic ring is 1. The van der Waals surface area contributed by atoms with Gasteiger partial charge < -0.3 is 15.8 Å². The number of hydrogen-bond acceptors (Lipinski definition) is 5. The average molecular weight is 285 g/mol. The summed E-state index contributed by atoms with van der Waals surface area (Å²) in [5.41, 5.74) is 8.69. The second kappa shape index (κ2) is 6.26. The highest BCUT2D eigenvalue weighted by Gasteiger charge is 2.12. The first-order valence-corrected chi connectivity index (χ1v) is 6.69. The lowest BCUT2D eigenvalue weighted by Gasteiger charge is -2.16. The summed E-state index contributed by atoms with van der Waals surface area (Å²) >= 11 is 0. The fraction of sp³-hybridized carbons (Fsp3) is 0.250. The van der Waals surface area contributed by atoms with Crippen molar-refractivity contribution in [1.29, 1.82) is 0 Å². The number of rotatable bonds is 4. The zero-order chi connectivity index (χ0) is 15.4. The Balaban J connectivity index is 2.16. The van der Waals surface area contributed by atoms with Crippen LogP contribution in [0.3, 0.4) is 0 Å². The lowest BCUT2D eigenvalue weighted by atomic mass is 10.1. The molecule has 0 saturated heterocycles. The molecule has 0 bridgehead atoms. The Morgan fingerprint density at radius 1 is 1.33 bits per heavy atom. The van der Waals surface area contributed by atoms with E-state index >= 15 is 0 Å². The van der Waals surface area contributed by atoms with Gasteiger partial charge in [-0.1, -0.05) is 12.1 Å². The number of anilines is 2. The lowest BCUT2D eigenvalue weighted by Crippen LogP contribution is -2.11. The third-order valence-corrected chi connectivity index (χ3v) is 3.27. The number of hydrogen-bond donors (Lipinski definition) is 2. The summed E-state index contributed by atoms with van der Waals surface area (Å²) in [6, 6.07) is 11.2. The third kappa shape index (κ3) is 3.51. The Morgan fingerprint density at radius 3 is 2.71 bits per heavy atom. The molecule has 0 fully saturated rings. The molecule has 0 aliphatic carbocycles. The van der Waals surface area contributed by atoms with E-state index in [1.807, 2.05) is 31.2 Å². The lowest BCUT2D eigenvalue weighted by molar-refractivity contribution is 0.0599. The van der Waals surface area contributed by atoms with Gasteiger partial charge in [0.2, 0.25) is 0 Å². The van der Waals surface area contributed by atoms with Crippen LogP contribution in [0.25, 0.3) is 0 Å². The molecule has 2 rings (SSSR count). The van der Waals surface area contributed by atoms with Crippen LogP contribution >= 0.6 is 0 Å². The van der Waals surface area contributed by atoms with E-state index in [0.29, 0.717) is 17.1 Å². The van der Waals surface area contributed by atoms with Gasteiger partial charge in [-0.3, -0.25) is 0 Å². The van der Waals surface area contributed by atoms with Gasteiger partial charge in [-0.25, -0.2) is 9.78 Å². The van der Waals surface area contributed by atoms with Crippen LogP contribution < -0.4 is 11.1 Å². The zero-order valence-corrected chi connectivity index (χ0v) is 12.4. The summed E-state index contributed by atoms with van der Waals surface area (Å²) in [5.74, 6) is 0.325. The van der Waals surface area contributed by atoms with E-state index < -0.39 is 0 Å². The van der Waals surface area contributed by atoms with Crippen molar-refractivity contribution >= 4 is 17.5 Å². The van der Waals surface area contributed by atoms with Gasteiger partial charge in [-0.05, 0) is 43.7 Å². The SMILES string of the molecule is COC(=O)c1ccc(NC(C)c2cccc(N)c2)nc1C. The van der Waals surface area contributed by atoms with Crippen molar-refractivity contribution in [3.63, 3.8) is 0 Å². The molecule has 0 aliphatic rings. The predicted octanol–water partition coefficient (Wildman–Crippen LogP) is 2.93. The monoisotopic (exact) mass is 285 g/mol. The number of nitrogens with zero attached hydrogens (tertiary/aromatic N) is 1. The number of pyridine rings is 1. The fourth-order valence-corrected chi connectivity index (χ4v) is 2.10. The van der Waals surface area contributed by atoms with E-state index in [0.717, 1.165) is 11.3 Å². The summed E-state index contributed by atoms with van der Waals surface area (Å²) < 4.78 is 4.71. The van der Waals surface area contributed by atoms with E-state index in [1.165, 1.54) is 7.11 Å². The van der Waals surface area contributed by atoms with E-state index in [4.69, 9.17) is 10.5 Å². The van der Waals surface area contributed by atoms with Crippen LogP contribution in [0.15, 0.2) is 36.4 Å². The maximum Gasteiger partial charge on any atom is 0.339 e.